The van der Waals surface area contributed by atoms with E-state index in [4.69, 9.17) is 4.74 Å². The first-order valence-corrected chi connectivity index (χ1v) is 5.44. The maximum absolute atomic E-state index is 5.55. The molecule has 76 valence electrons. The smallest absolute Gasteiger partial charge is 0.0552 e. The highest BCUT2D eigenvalue weighted by atomic mass is 16.5. The van der Waals surface area contributed by atoms with Gasteiger partial charge in [-0.1, -0.05) is 29.8 Å². The van der Waals surface area contributed by atoms with E-state index in [1.807, 2.05) is 0 Å². The fraction of sp³-hybridized carbons (Fsp3) is 0.538. The van der Waals surface area contributed by atoms with Crippen molar-refractivity contribution in [2.45, 2.75) is 38.7 Å². The number of ether oxygens (including phenoxy) is 1. The van der Waals surface area contributed by atoms with Gasteiger partial charge in [0.25, 0.3) is 0 Å². The van der Waals surface area contributed by atoms with Gasteiger partial charge in [-0.25, -0.2) is 0 Å². The first-order valence-electron chi connectivity index (χ1n) is 5.44. The molecule has 1 nitrogen and oxygen atoms in total. The fourth-order valence-corrected chi connectivity index (χ4v) is 2.14. The Morgan fingerprint density at radius 2 is 1.93 bits per heavy atom. The zero-order valence-electron chi connectivity index (χ0n) is 8.99. The molecule has 1 aromatic rings. The van der Waals surface area contributed by atoms with Crippen molar-refractivity contribution >= 4 is 0 Å². The third-order valence-electron chi connectivity index (χ3n) is 3.03. The molecule has 2 atom stereocenters. The Bertz CT molecular complexity index is 289. The monoisotopic (exact) mass is 190 g/mol. The van der Waals surface area contributed by atoms with Crippen LogP contribution in [-0.2, 0) is 4.74 Å². The van der Waals surface area contributed by atoms with E-state index < -0.39 is 0 Å². The maximum Gasteiger partial charge on any atom is 0.0552 e. The zero-order chi connectivity index (χ0) is 9.97. The van der Waals surface area contributed by atoms with Crippen LogP contribution < -0.4 is 0 Å². The van der Waals surface area contributed by atoms with Crippen LogP contribution in [0.5, 0.6) is 0 Å². The van der Waals surface area contributed by atoms with Crippen molar-refractivity contribution in [3.63, 3.8) is 0 Å². The molecule has 2 unspecified atom stereocenters. The molecule has 0 N–H and O–H groups in total. The van der Waals surface area contributed by atoms with E-state index in [9.17, 15) is 0 Å². The Balaban J connectivity index is 2.10. The van der Waals surface area contributed by atoms with Crippen molar-refractivity contribution < 1.29 is 4.74 Å². The van der Waals surface area contributed by atoms with Gasteiger partial charge in [-0.3, -0.25) is 0 Å². The van der Waals surface area contributed by atoms with Gasteiger partial charge in [0.05, 0.1) is 6.10 Å². The lowest BCUT2D eigenvalue weighted by Gasteiger charge is -2.27. The number of hydrogen-bond donors (Lipinski definition) is 0. The average molecular weight is 190 g/mol. The maximum atomic E-state index is 5.55. The lowest BCUT2D eigenvalue weighted by molar-refractivity contribution is 0.0186. The predicted octanol–water partition coefficient (Wildman–Crippen LogP) is 3.28. The second-order valence-electron chi connectivity index (χ2n) is 4.31. The van der Waals surface area contributed by atoms with Crippen molar-refractivity contribution in [3.8, 4) is 0 Å². The van der Waals surface area contributed by atoms with Crippen LogP contribution in [-0.4, -0.2) is 12.7 Å². The van der Waals surface area contributed by atoms with E-state index >= 15 is 0 Å². The summed E-state index contributed by atoms with van der Waals surface area (Å²) in [5, 5.41) is 0. The number of hydrogen-bond acceptors (Lipinski definition) is 1. The van der Waals surface area contributed by atoms with Crippen LogP contribution in [0, 0.1) is 6.92 Å². The SMILES string of the molecule is Cc1ccc(C2CCOC(C)C2)cc1. The number of rotatable bonds is 1. The quantitative estimate of drug-likeness (QED) is 0.660. The van der Waals surface area contributed by atoms with Gasteiger partial charge in [-0.05, 0) is 38.2 Å². The Morgan fingerprint density at radius 3 is 2.57 bits per heavy atom. The normalized spacial score (nSPS) is 27.6. The topological polar surface area (TPSA) is 9.23 Å². The highest BCUT2D eigenvalue weighted by molar-refractivity contribution is 5.24. The summed E-state index contributed by atoms with van der Waals surface area (Å²) < 4.78 is 5.55. The van der Waals surface area contributed by atoms with Crippen LogP contribution in [0.15, 0.2) is 24.3 Å². The van der Waals surface area contributed by atoms with Gasteiger partial charge in [-0.2, -0.15) is 0 Å². The van der Waals surface area contributed by atoms with E-state index in [2.05, 4.69) is 38.1 Å². The summed E-state index contributed by atoms with van der Waals surface area (Å²) in [6, 6.07) is 8.93. The molecule has 1 saturated heterocycles. The minimum absolute atomic E-state index is 0.426. The first kappa shape index (κ1) is 9.72. The van der Waals surface area contributed by atoms with E-state index in [0.717, 1.165) is 6.61 Å². The Kier molecular flexibility index (Phi) is 2.87. The molecule has 1 aliphatic heterocycles. The van der Waals surface area contributed by atoms with Crippen molar-refractivity contribution in [1.82, 2.24) is 0 Å². The molecular formula is C13H18O. The molecule has 0 aromatic heterocycles. The standard InChI is InChI=1S/C13H18O/c1-10-3-5-12(6-4-10)13-7-8-14-11(2)9-13/h3-6,11,13H,7-9H2,1-2H3. The summed E-state index contributed by atoms with van der Waals surface area (Å²) in [6.07, 6.45) is 2.77. The van der Waals surface area contributed by atoms with Gasteiger partial charge < -0.3 is 4.74 Å². The molecule has 1 aromatic carbocycles. The van der Waals surface area contributed by atoms with Gasteiger partial charge in [0, 0.05) is 6.61 Å². The minimum Gasteiger partial charge on any atom is -0.378 e. The lowest BCUT2D eigenvalue weighted by Crippen LogP contribution is -2.21. The van der Waals surface area contributed by atoms with Crippen molar-refractivity contribution in [1.29, 1.82) is 0 Å². The van der Waals surface area contributed by atoms with Gasteiger partial charge in [-0.15, -0.1) is 0 Å². The molecule has 0 spiro atoms. The van der Waals surface area contributed by atoms with Gasteiger partial charge >= 0.3 is 0 Å². The molecule has 0 aliphatic carbocycles. The molecule has 1 heterocycles. The summed E-state index contributed by atoms with van der Waals surface area (Å²) in [4.78, 5) is 0. The Labute approximate surface area is 86.1 Å². The van der Waals surface area contributed by atoms with Crippen LogP contribution in [0.4, 0.5) is 0 Å². The Morgan fingerprint density at radius 1 is 1.21 bits per heavy atom. The molecule has 1 fully saturated rings. The van der Waals surface area contributed by atoms with Crippen molar-refractivity contribution in [3.05, 3.63) is 35.4 Å². The van der Waals surface area contributed by atoms with Gasteiger partial charge in [0.1, 0.15) is 0 Å². The third kappa shape index (κ3) is 2.16. The summed E-state index contributed by atoms with van der Waals surface area (Å²) in [6.45, 7) is 5.22. The number of benzene rings is 1. The van der Waals surface area contributed by atoms with E-state index in [1.54, 1.807) is 0 Å². The van der Waals surface area contributed by atoms with Crippen LogP contribution in [0.1, 0.15) is 36.8 Å². The zero-order valence-corrected chi connectivity index (χ0v) is 8.99. The van der Waals surface area contributed by atoms with E-state index in [-0.39, 0.29) is 0 Å². The molecule has 14 heavy (non-hydrogen) atoms. The second kappa shape index (κ2) is 4.14. The second-order valence-corrected chi connectivity index (χ2v) is 4.31. The van der Waals surface area contributed by atoms with Crippen molar-refractivity contribution in [2.75, 3.05) is 6.61 Å². The van der Waals surface area contributed by atoms with E-state index in [1.165, 1.54) is 24.0 Å². The molecule has 1 heteroatoms. The van der Waals surface area contributed by atoms with Crippen LogP contribution in [0.3, 0.4) is 0 Å². The molecule has 0 saturated carbocycles. The highest BCUT2D eigenvalue weighted by Crippen LogP contribution is 2.29. The average Bonchev–Trinajstić information content (AvgIpc) is 2.19. The third-order valence-corrected chi connectivity index (χ3v) is 3.03. The van der Waals surface area contributed by atoms with Gasteiger partial charge in [0.15, 0.2) is 0 Å². The summed E-state index contributed by atoms with van der Waals surface area (Å²) in [5.74, 6) is 0.708. The number of aryl methyl sites for hydroxylation is 1. The molecule has 1 aliphatic rings. The predicted molar refractivity (Wildman–Crippen MR) is 58.6 cm³/mol. The lowest BCUT2D eigenvalue weighted by atomic mass is 9.89. The summed E-state index contributed by atoms with van der Waals surface area (Å²) in [5.41, 5.74) is 2.82. The van der Waals surface area contributed by atoms with Crippen molar-refractivity contribution in [2.24, 2.45) is 0 Å². The van der Waals surface area contributed by atoms with Crippen LogP contribution in [0.25, 0.3) is 0 Å². The van der Waals surface area contributed by atoms with Crippen LogP contribution >= 0.6 is 0 Å². The summed E-state index contributed by atoms with van der Waals surface area (Å²) in [7, 11) is 0. The largest absolute Gasteiger partial charge is 0.378 e. The highest BCUT2D eigenvalue weighted by Gasteiger charge is 2.20. The fourth-order valence-electron chi connectivity index (χ4n) is 2.14. The van der Waals surface area contributed by atoms with Crippen LogP contribution in [0.2, 0.25) is 0 Å². The summed E-state index contributed by atoms with van der Waals surface area (Å²) >= 11 is 0. The van der Waals surface area contributed by atoms with Gasteiger partial charge in [0.2, 0.25) is 0 Å². The minimum atomic E-state index is 0.426. The Hall–Kier alpha value is -0.820. The van der Waals surface area contributed by atoms with E-state index in [0.29, 0.717) is 12.0 Å². The molecule has 0 amide bonds. The molecular weight excluding hydrogens is 172 g/mol. The molecule has 0 bridgehead atoms. The molecule has 2 rings (SSSR count). The molecule has 0 radical (unpaired) electrons. The first-order chi connectivity index (χ1) is 6.75.